The van der Waals surface area contributed by atoms with Crippen molar-refractivity contribution < 1.29 is 9.52 Å². The molecule has 0 bridgehead atoms. The van der Waals surface area contributed by atoms with Crippen LogP contribution in [0.3, 0.4) is 0 Å². The SMILES string of the molecule is Cc1nc(C)c(C(O)=C(C#N)c2coc(-c3ccccc3Cl)n2)s1. The van der Waals surface area contributed by atoms with Gasteiger partial charge in [-0.25, -0.2) is 9.97 Å². The van der Waals surface area contributed by atoms with Crippen LogP contribution >= 0.6 is 22.9 Å². The monoisotopic (exact) mass is 357 g/mol. The number of aryl methyl sites for hydroxylation is 2. The van der Waals surface area contributed by atoms with Crippen LogP contribution in [0.1, 0.15) is 21.3 Å². The third-order valence-corrected chi connectivity index (χ3v) is 4.74. The second-order valence-corrected chi connectivity index (χ2v) is 6.61. The number of benzene rings is 1. The van der Waals surface area contributed by atoms with Crippen LogP contribution in [-0.4, -0.2) is 15.1 Å². The molecule has 0 unspecified atom stereocenters. The number of hydrogen-bond acceptors (Lipinski definition) is 6. The van der Waals surface area contributed by atoms with E-state index in [-0.39, 0.29) is 22.9 Å². The highest BCUT2D eigenvalue weighted by Crippen LogP contribution is 2.32. The van der Waals surface area contributed by atoms with Crippen LogP contribution in [-0.2, 0) is 0 Å². The highest BCUT2D eigenvalue weighted by molar-refractivity contribution is 7.12. The Morgan fingerprint density at radius 2 is 2.04 bits per heavy atom. The summed E-state index contributed by atoms with van der Waals surface area (Å²) in [4.78, 5) is 9.10. The molecule has 3 aromatic rings. The molecule has 0 aliphatic rings. The van der Waals surface area contributed by atoms with Gasteiger partial charge in [-0.3, -0.25) is 0 Å². The Hall–Kier alpha value is -2.62. The molecule has 120 valence electrons. The molecule has 0 radical (unpaired) electrons. The van der Waals surface area contributed by atoms with Crippen molar-refractivity contribution >= 4 is 34.3 Å². The Balaban J connectivity index is 2.08. The van der Waals surface area contributed by atoms with E-state index in [4.69, 9.17) is 16.0 Å². The Labute approximate surface area is 147 Å². The molecular formula is C17H12ClN3O2S. The fraction of sp³-hybridized carbons (Fsp3) is 0.118. The number of aliphatic hydroxyl groups is 1. The van der Waals surface area contributed by atoms with Crippen LogP contribution in [0.5, 0.6) is 0 Å². The summed E-state index contributed by atoms with van der Waals surface area (Å²) in [6.45, 7) is 3.62. The van der Waals surface area contributed by atoms with Crippen LogP contribution in [0.25, 0.3) is 22.8 Å². The lowest BCUT2D eigenvalue weighted by atomic mass is 10.1. The van der Waals surface area contributed by atoms with Gasteiger partial charge in [-0.15, -0.1) is 11.3 Å². The highest BCUT2D eigenvalue weighted by atomic mass is 35.5. The normalized spacial score (nSPS) is 11.9. The summed E-state index contributed by atoms with van der Waals surface area (Å²) >= 11 is 7.45. The van der Waals surface area contributed by atoms with Crippen molar-refractivity contribution in [2.75, 3.05) is 0 Å². The zero-order chi connectivity index (χ0) is 17.3. The fourth-order valence-corrected chi connectivity index (χ4v) is 3.33. The van der Waals surface area contributed by atoms with Crippen molar-refractivity contribution in [3.63, 3.8) is 0 Å². The molecule has 0 amide bonds. The first kappa shape index (κ1) is 16.2. The molecule has 2 heterocycles. The van der Waals surface area contributed by atoms with E-state index in [1.165, 1.54) is 17.6 Å². The van der Waals surface area contributed by atoms with E-state index in [2.05, 4.69) is 9.97 Å². The number of hydrogen-bond donors (Lipinski definition) is 1. The smallest absolute Gasteiger partial charge is 0.228 e. The highest BCUT2D eigenvalue weighted by Gasteiger charge is 2.19. The van der Waals surface area contributed by atoms with E-state index in [1.807, 2.05) is 19.1 Å². The topological polar surface area (TPSA) is 82.9 Å². The number of nitriles is 1. The Kier molecular flexibility index (Phi) is 4.38. The van der Waals surface area contributed by atoms with Gasteiger partial charge in [0, 0.05) is 0 Å². The molecule has 0 spiro atoms. The largest absolute Gasteiger partial charge is 0.505 e. The van der Waals surface area contributed by atoms with Gasteiger partial charge >= 0.3 is 0 Å². The molecule has 5 nitrogen and oxygen atoms in total. The Bertz CT molecular complexity index is 982. The summed E-state index contributed by atoms with van der Waals surface area (Å²) < 4.78 is 5.43. The molecule has 0 aliphatic heterocycles. The second-order valence-electron chi connectivity index (χ2n) is 5.00. The second kappa shape index (κ2) is 6.48. The lowest BCUT2D eigenvalue weighted by molar-refractivity contribution is 0.515. The number of aliphatic hydroxyl groups excluding tert-OH is 1. The zero-order valence-electron chi connectivity index (χ0n) is 12.9. The quantitative estimate of drug-likeness (QED) is 0.525. The van der Waals surface area contributed by atoms with Crippen molar-refractivity contribution in [1.29, 1.82) is 5.26 Å². The lowest BCUT2D eigenvalue weighted by Crippen LogP contribution is -1.91. The summed E-state index contributed by atoms with van der Waals surface area (Å²) in [7, 11) is 0. The van der Waals surface area contributed by atoms with Gasteiger partial charge in [0.15, 0.2) is 5.76 Å². The van der Waals surface area contributed by atoms with Gasteiger partial charge in [0.1, 0.15) is 23.6 Å². The van der Waals surface area contributed by atoms with E-state index in [0.717, 1.165) is 5.01 Å². The van der Waals surface area contributed by atoms with E-state index in [1.54, 1.807) is 25.1 Å². The van der Waals surface area contributed by atoms with Gasteiger partial charge in [0.2, 0.25) is 5.89 Å². The third-order valence-electron chi connectivity index (χ3n) is 3.33. The Morgan fingerprint density at radius 1 is 1.29 bits per heavy atom. The number of nitrogens with zero attached hydrogens (tertiary/aromatic N) is 3. The summed E-state index contributed by atoms with van der Waals surface area (Å²) in [5.41, 5.74) is 1.56. The van der Waals surface area contributed by atoms with Crippen molar-refractivity contribution in [2.24, 2.45) is 0 Å². The van der Waals surface area contributed by atoms with Gasteiger partial charge in [-0.1, -0.05) is 23.7 Å². The molecule has 24 heavy (non-hydrogen) atoms. The van der Waals surface area contributed by atoms with Crippen LogP contribution in [0, 0.1) is 25.2 Å². The molecule has 0 atom stereocenters. The molecule has 1 N–H and O–H groups in total. The van der Waals surface area contributed by atoms with Gasteiger partial charge in [-0.05, 0) is 26.0 Å². The van der Waals surface area contributed by atoms with Crippen LogP contribution < -0.4 is 0 Å². The minimum Gasteiger partial charge on any atom is -0.505 e. The van der Waals surface area contributed by atoms with E-state index in [0.29, 0.717) is 21.2 Å². The summed E-state index contributed by atoms with van der Waals surface area (Å²) in [6, 6.07) is 9.09. The fourth-order valence-electron chi connectivity index (χ4n) is 2.24. The minimum absolute atomic E-state index is 0.0313. The maximum absolute atomic E-state index is 10.5. The number of allylic oxidation sites excluding steroid dienone is 1. The maximum atomic E-state index is 10.5. The predicted octanol–water partition coefficient (Wildman–Crippen LogP) is 5.02. The number of halogens is 1. The Morgan fingerprint density at radius 3 is 2.67 bits per heavy atom. The first-order valence-corrected chi connectivity index (χ1v) is 8.19. The average Bonchev–Trinajstić information content (AvgIpc) is 3.15. The van der Waals surface area contributed by atoms with Crippen molar-refractivity contribution in [1.82, 2.24) is 9.97 Å². The first-order valence-electron chi connectivity index (χ1n) is 6.99. The molecule has 3 rings (SSSR count). The number of oxazole rings is 1. The lowest BCUT2D eigenvalue weighted by Gasteiger charge is -2.00. The van der Waals surface area contributed by atoms with Crippen LogP contribution in [0.15, 0.2) is 34.9 Å². The zero-order valence-corrected chi connectivity index (χ0v) is 14.4. The first-order chi connectivity index (χ1) is 11.5. The van der Waals surface area contributed by atoms with Gasteiger partial charge in [0.05, 0.1) is 26.2 Å². The van der Waals surface area contributed by atoms with Crippen LogP contribution in [0.2, 0.25) is 5.02 Å². The maximum Gasteiger partial charge on any atom is 0.228 e. The molecular weight excluding hydrogens is 346 g/mol. The summed E-state index contributed by atoms with van der Waals surface area (Å²) in [5, 5.41) is 21.2. The van der Waals surface area contributed by atoms with Crippen molar-refractivity contribution in [2.45, 2.75) is 13.8 Å². The number of aromatic nitrogens is 2. The number of rotatable bonds is 3. The molecule has 7 heteroatoms. The molecule has 0 saturated heterocycles. The third kappa shape index (κ3) is 2.92. The molecule has 2 aromatic heterocycles. The van der Waals surface area contributed by atoms with E-state index >= 15 is 0 Å². The van der Waals surface area contributed by atoms with Crippen molar-refractivity contribution in [3.8, 4) is 17.5 Å². The average molecular weight is 358 g/mol. The van der Waals surface area contributed by atoms with Gasteiger partial charge in [0.25, 0.3) is 0 Å². The molecule has 0 aliphatic carbocycles. The predicted molar refractivity (Wildman–Crippen MR) is 93.6 cm³/mol. The summed E-state index contributed by atoms with van der Waals surface area (Å²) in [5.74, 6) is 0.132. The number of thiazole rings is 1. The van der Waals surface area contributed by atoms with Gasteiger partial charge in [-0.2, -0.15) is 5.26 Å². The van der Waals surface area contributed by atoms with E-state index < -0.39 is 0 Å². The van der Waals surface area contributed by atoms with Crippen molar-refractivity contribution in [3.05, 3.63) is 56.8 Å². The molecule has 0 saturated carbocycles. The molecule has 0 fully saturated rings. The van der Waals surface area contributed by atoms with E-state index in [9.17, 15) is 10.4 Å². The van der Waals surface area contributed by atoms with Crippen LogP contribution in [0.4, 0.5) is 0 Å². The minimum atomic E-state index is -0.153. The van der Waals surface area contributed by atoms with Gasteiger partial charge < -0.3 is 9.52 Å². The standard InChI is InChI=1S/C17H12ClN3O2S/c1-9-16(24-10(2)20-9)15(22)12(7-19)14-8-23-17(21-14)11-5-3-4-6-13(11)18/h3-6,8,22H,1-2H3. The summed E-state index contributed by atoms with van der Waals surface area (Å²) in [6.07, 6.45) is 1.33. The molecule has 1 aromatic carbocycles.